The van der Waals surface area contributed by atoms with E-state index < -0.39 is 6.09 Å². The Balaban J connectivity index is 1.79. The minimum Gasteiger partial charge on any atom is -0.854 e. The number of quaternary nitrogens is 1. The Morgan fingerprint density at radius 2 is 1.82 bits per heavy atom. The monoisotopic (exact) mass is 455 g/mol. The highest BCUT2D eigenvalue weighted by atomic mass is 16.6. The third-order valence-corrected chi connectivity index (χ3v) is 5.88. The molecule has 0 saturated carbocycles. The molecule has 8 nitrogen and oxygen atoms in total. The molecule has 178 valence electrons. The van der Waals surface area contributed by atoms with Crippen molar-refractivity contribution in [3.8, 4) is 11.5 Å². The van der Waals surface area contributed by atoms with E-state index in [9.17, 15) is 9.90 Å². The topological polar surface area (TPSA) is 92.2 Å². The first-order chi connectivity index (χ1) is 16.0. The van der Waals surface area contributed by atoms with Gasteiger partial charge in [-0.15, -0.1) is 0 Å². The Labute approximate surface area is 195 Å². The third kappa shape index (κ3) is 6.61. The van der Waals surface area contributed by atoms with Crippen LogP contribution >= 0.6 is 0 Å². The molecule has 0 radical (unpaired) electrons. The SMILES string of the molecule is CCC(C[N+]1(/N=C(\[O-])c2ccc(OC)cc2OC)CCCCC1)OC(=O)Nc1ccccc1. The Bertz CT molecular complexity index is 942. The summed E-state index contributed by atoms with van der Waals surface area (Å²) in [5, 5.41) is 20.6. The molecule has 1 saturated heterocycles. The number of benzene rings is 2. The van der Waals surface area contributed by atoms with Crippen LogP contribution in [-0.4, -0.2) is 56.5 Å². The number of para-hydroxylation sites is 1. The number of likely N-dealkylation sites (tertiary alicyclic amines) is 1. The second kappa shape index (κ2) is 11.6. The molecule has 1 atom stereocenters. The maximum Gasteiger partial charge on any atom is 0.412 e. The average molecular weight is 456 g/mol. The first-order valence-corrected chi connectivity index (χ1v) is 11.4. The Kier molecular flexibility index (Phi) is 8.54. The van der Waals surface area contributed by atoms with E-state index in [-0.39, 0.29) is 16.6 Å². The van der Waals surface area contributed by atoms with Gasteiger partial charge in [-0.05, 0) is 49.9 Å². The van der Waals surface area contributed by atoms with E-state index in [1.54, 1.807) is 37.4 Å². The molecule has 1 N–H and O–H groups in total. The smallest absolute Gasteiger partial charge is 0.412 e. The number of hydrogen-bond donors (Lipinski definition) is 1. The summed E-state index contributed by atoms with van der Waals surface area (Å²) in [5.74, 6) is 0.679. The van der Waals surface area contributed by atoms with Gasteiger partial charge in [0.25, 0.3) is 0 Å². The van der Waals surface area contributed by atoms with Crippen LogP contribution < -0.4 is 19.9 Å². The number of rotatable bonds is 9. The average Bonchev–Trinajstić information content (AvgIpc) is 2.84. The molecular weight excluding hydrogens is 422 g/mol. The number of hydrogen-bond acceptors (Lipinski definition) is 6. The summed E-state index contributed by atoms with van der Waals surface area (Å²) in [6.45, 7) is 3.87. The molecule has 1 heterocycles. The van der Waals surface area contributed by atoms with Gasteiger partial charge in [-0.3, -0.25) is 5.32 Å². The van der Waals surface area contributed by atoms with Crippen LogP contribution in [0.3, 0.4) is 0 Å². The highest BCUT2D eigenvalue weighted by molar-refractivity contribution is 5.93. The van der Waals surface area contributed by atoms with E-state index in [0.717, 1.165) is 32.4 Å². The fourth-order valence-corrected chi connectivity index (χ4v) is 4.09. The van der Waals surface area contributed by atoms with Crippen LogP contribution in [0.15, 0.2) is 53.6 Å². The van der Waals surface area contributed by atoms with E-state index in [4.69, 9.17) is 14.2 Å². The molecule has 2 aromatic carbocycles. The number of anilines is 1. The van der Waals surface area contributed by atoms with Crippen molar-refractivity contribution >= 4 is 17.7 Å². The molecular formula is C25H33N3O5. The lowest BCUT2D eigenvalue weighted by molar-refractivity contribution is -0.942. The van der Waals surface area contributed by atoms with Crippen molar-refractivity contribution in [3.63, 3.8) is 0 Å². The summed E-state index contributed by atoms with van der Waals surface area (Å²) in [7, 11) is 3.08. The van der Waals surface area contributed by atoms with Crippen LogP contribution in [0.1, 0.15) is 38.2 Å². The zero-order valence-corrected chi connectivity index (χ0v) is 19.6. The van der Waals surface area contributed by atoms with E-state index >= 15 is 0 Å². The van der Waals surface area contributed by atoms with Crippen molar-refractivity contribution in [2.24, 2.45) is 5.10 Å². The van der Waals surface area contributed by atoms with Crippen LogP contribution in [-0.2, 0) is 4.74 Å². The maximum atomic E-state index is 13.2. The molecule has 3 rings (SSSR count). The summed E-state index contributed by atoms with van der Waals surface area (Å²) < 4.78 is 16.6. The highest BCUT2D eigenvalue weighted by Gasteiger charge is 2.35. The van der Waals surface area contributed by atoms with Gasteiger partial charge in [-0.25, -0.2) is 4.79 Å². The fourth-order valence-electron chi connectivity index (χ4n) is 4.09. The van der Waals surface area contributed by atoms with Crippen LogP contribution in [0.2, 0.25) is 0 Å². The first kappa shape index (κ1) is 24.4. The van der Waals surface area contributed by atoms with Crippen molar-refractivity contribution < 1.29 is 28.7 Å². The van der Waals surface area contributed by atoms with Crippen molar-refractivity contribution in [1.29, 1.82) is 0 Å². The number of ether oxygens (including phenoxy) is 3. The Hall–Kier alpha value is -3.26. The normalized spacial score (nSPS) is 16.5. The van der Waals surface area contributed by atoms with Gasteiger partial charge in [0.1, 0.15) is 31.1 Å². The molecule has 0 spiro atoms. The number of amides is 1. The summed E-state index contributed by atoms with van der Waals surface area (Å²) in [4.78, 5) is 12.4. The summed E-state index contributed by atoms with van der Waals surface area (Å²) in [6, 6.07) is 14.2. The molecule has 1 amide bonds. The summed E-state index contributed by atoms with van der Waals surface area (Å²) in [6.07, 6.45) is 2.76. The Morgan fingerprint density at radius 1 is 1.09 bits per heavy atom. The van der Waals surface area contributed by atoms with Gasteiger partial charge in [0.05, 0.1) is 20.1 Å². The second-order valence-electron chi connectivity index (χ2n) is 8.18. The van der Waals surface area contributed by atoms with Crippen LogP contribution in [0.25, 0.3) is 0 Å². The predicted octanol–water partition coefficient (Wildman–Crippen LogP) is 3.75. The number of nitrogens with zero attached hydrogens (tertiary/aromatic N) is 2. The zero-order valence-electron chi connectivity index (χ0n) is 19.6. The standard InChI is InChI=1S/C25H33N3O5/c1-4-20(33-25(30)26-19-11-7-5-8-12-19)18-28(15-9-6-10-16-28)27-24(29)22-14-13-21(31-2)17-23(22)32-3/h5,7-8,11-14,17,20H,4,6,9-10,15-16,18H2,1-3H3,(H-,26,27,29,30). The van der Waals surface area contributed by atoms with Crippen molar-refractivity contribution in [3.05, 3.63) is 54.1 Å². The van der Waals surface area contributed by atoms with Gasteiger partial charge in [0, 0.05) is 17.3 Å². The van der Waals surface area contributed by atoms with E-state index in [2.05, 4.69) is 10.4 Å². The number of nitrogens with one attached hydrogen (secondary N) is 1. The number of carbonyl (C=O) groups is 1. The minimum absolute atomic E-state index is 0.241. The van der Waals surface area contributed by atoms with Gasteiger partial charge in [0.2, 0.25) is 0 Å². The lowest BCUT2D eigenvalue weighted by atomic mass is 10.1. The predicted molar refractivity (Wildman–Crippen MR) is 125 cm³/mol. The van der Waals surface area contributed by atoms with Gasteiger partial charge in [0.15, 0.2) is 6.10 Å². The second-order valence-corrected chi connectivity index (χ2v) is 8.18. The summed E-state index contributed by atoms with van der Waals surface area (Å²) in [5.41, 5.74) is 1.06. The van der Waals surface area contributed by atoms with Crippen LogP contribution in [0, 0.1) is 0 Å². The van der Waals surface area contributed by atoms with E-state index in [1.807, 2.05) is 25.1 Å². The van der Waals surface area contributed by atoms with E-state index in [0.29, 0.717) is 35.7 Å². The van der Waals surface area contributed by atoms with Crippen molar-refractivity contribution in [2.75, 3.05) is 39.2 Å². The third-order valence-electron chi connectivity index (χ3n) is 5.88. The molecule has 0 bridgehead atoms. The molecule has 0 aromatic heterocycles. The largest absolute Gasteiger partial charge is 0.854 e. The van der Waals surface area contributed by atoms with Crippen molar-refractivity contribution in [1.82, 2.24) is 0 Å². The van der Waals surface area contributed by atoms with E-state index in [1.165, 1.54) is 7.11 Å². The first-order valence-electron chi connectivity index (χ1n) is 11.4. The lowest BCUT2D eigenvalue weighted by Gasteiger charge is -2.38. The minimum atomic E-state index is -0.508. The molecule has 33 heavy (non-hydrogen) atoms. The number of methoxy groups -OCH3 is 2. The molecule has 1 fully saturated rings. The van der Waals surface area contributed by atoms with Gasteiger partial charge >= 0.3 is 6.09 Å². The molecule has 1 unspecified atom stereocenters. The fraction of sp³-hybridized carbons (Fsp3) is 0.440. The number of carbonyl (C=O) groups excluding carboxylic acids is 1. The quantitative estimate of drug-likeness (QED) is 0.353. The highest BCUT2D eigenvalue weighted by Crippen LogP contribution is 2.27. The maximum absolute atomic E-state index is 13.2. The molecule has 8 heteroatoms. The molecule has 1 aliphatic heterocycles. The molecule has 1 aliphatic rings. The van der Waals surface area contributed by atoms with Gasteiger partial charge in [-0.2, -0.15) is 4.59 Å². The van der Waals surface area contributed by atoms with Crippen molar-refractivity contribution in [2.45, 2.75) is 38.7 Å². The Morgan fingerprint density at radius 3 is 2.45 bits per heavy atom. The van der Waals surface area contributed by atoms with Gasteiger partial charge < -0.3 is 19.3 Å². The van der Waals surface area contributed by atoms with Crippen LogP contribution in [0.5, 0.6) is 11.5 Å². The van der Waals surface area contributed by atoms with Crippen LogP contribution in [0.4, 0.5) is 10.5 Å². The molecule has 0 aliphatic carbocycles. The number of piperidine rings is 1. The lowest BCUT2D eigenvalue weighted by Crippen LogP contribution is -2.53. The van der Waals surface area contributed by atoms with Gasteiger partial charge in [-0.1, -0.05) is 30.2 Å². The summed E-state index contributed by atoms with van der Waals surface area (Å²) >= 11 is 0. The zero-order chi connectivity index (χ0) is 23.7. The molecule has 2 aromatic rings.